The molecule has 1 unspecified atom stereocenters. The summed E-state index contributed by atoms with van der Waals surface area (Å²) in [5.74, 6) is -2.05. The van der Waals surface area contributed by atoms with Crippen molar-refractivity contribution in [2.45, 2.75) is 17.7 Å². The number of rotatable bonds is 4. The van der Waals surface area contributed by atoms with Crippen molar-refractivity contribution >= 4 is 33.2 Å². The van der Waals surface area contributed by atoms with E-state index < -0.39 is 21.8 Å². The summed E-state index contributed by atoms with van der Waals surface area (Å²) in [5, 5.41) is 2.77. The van der Waals surface area contributed by atoms with Gasteiger partial charge in [-0.2, -0.15) is 4.31 Å². The molecule has 1 aliphatic carbocycles. The van der Waals surface area contributed by atoms with Crippen LogP contribution in [0.25, 0.3) is 0 Å². The van der Waals surface area contributed by atoms with E-state index in [-0.39, 0.29) is 46.6 Å². The lowest BCUT2D eigenvalue weighted by atomic mass is 9.84. The van der Waals surface area contributed by atoms with Crippen LogP contribution in [0, 0.1) is 11.7 Å². The maximum Gasteiger partial charge on any atom is 0.243 e. The first-order valence-electron chi connectivity index (χ1n) is 11.1. The molecule has 0 aromatic heterocycles. The normalized spacial score (nSPS) is 18.0. The van der Waals surface area contributed by atoms with Gasteiger partial charge in [0.05, 0.1) is 10.8 Å². The Bertz CT molecular complexity index is 1470. The van der Waals surface area contributed by atoms with E-state index >= 15 is 0 Å². The number of nitrogens with zero attached hydrogens (tertiary/aromatic N) is 1. The Kier molecular flexibility index (Phi) is 5.82. The number of ketones is 2. The van der Waals surface area contributed by atoms with Gasteiger partial charge < -0.3 is 5.32 Å². The summed E-state index contributed by atoms with van der Waals surface area (Å²) < 4.78 is 40.4. The molecule has 1 saturated heterocycles. The summed E-state index contributed by atoms with van der Waals surface area (Å²) in [4.78, 5) is 38.7. The molecule has 0 radical (unpaired) electrons. The highest BCUT2D eigenvalue weighted by molar-refractivity contribution is 7.89. The highest BCUT2D eigenvalue weighted by Gasteiger charge is 2.34. The Morgan fingerprint density at radius 3 is 2.20 bits per heavy atom. The number of hydrogen-bond donors (Lipinski definition) is 1. The zero-order valence-corrected chi connectivity index (χ0v) is 19.3. The zero-order valence-electron chi connectivity index (χ0n) is 18.5. The largest absolute Gasteiger partial charge is 0.326 e. The van der Waals surface area contributed by atoms with Crippen LogP contribution in [-0.4, -0.2) is 43.3 Å². The predicted molar refractivity (Wildman–Crippen MR) is 126 cm³/mol. The second-order valence-corrected chi connectivity index (χ2v) is 10.5. The third-order valence-corrected chi connectivity index (χ3v) is 8.28. The van der Waals surface area contributed by atoms with Crippen molar-refractivity contribution in [3.63, 3.8) is 0 Å². The SMILES string of the molecule is O=C1c2ccccc2C(=O)c2cc(NC(=O)C3CCCN(S(=O)(=O)c4ccc(F)cc4)C3)ccc21. The average molecular weight is 493 g/mol. The first kappa shape index (κ1) is 23.1. The van der Waals surface area contributed by atoms with Gasteiger partial charge in [-0.15, -0.1) is 0 Å². The van der Waals surface area contributed by atoms with Gasteiger partial charge in [-0.1, -0.05) is 24.3 Å². The summed E-state index contributed by atoms with van der Waals surface area (Å²) in [6.07, 6.45) is 0.990. The number of fused-ring (bicyclic) bond motifs is 2. The van der Waals surface area contributed by atoms with Crippen LogP contribution in [0.4, 0.5) is 10.1 Å². The van der Waals surface area contributed by atoms with E-state index in [1.165, 1.54) is 28.6 Å². The molecular formula is C26H21FN2O5S. The molecule has 1 N–H and O–H groups in total. The van der Waals surface area contributed by atoms with Gasteiger partial charge in [-0.25, -0.2) is 12.8 Å². The summed E-state index contributed by atoms with van der Waals surface area (Å²) in [7, 11) is -3.87. The molecule has 2 aliphatic rings. The van der Waals surface area contributed by atoms with E-state index in [9.17, 15) is 27.2 Å². The van der Waals surface area contributed by atoms with Gasteiger partial charge in [0.1, 0.15) is 5.82 Å². The number of sulfonamides is 1. The molecule has 0 spiro atoms. The third-order valence-electron chi connectivity index (χ3n) is 6.40. The molecule has 35 heavy (non-hydrogen) atoms. The monoisotopic (exact) mass is 492 g/mol. The summed E-state index contributed by atoms with van der Waals surface area (Å²) in [6.45, 7) is 0.250. The summed E-state index contributed by atoms with van der Waals surface area (Å²) in [6, 6.07) is 15.8. The van der Waals surface area contributed by atoms with Crippen molar-refractivity contribution < 1.29 is 27.2 Å². The summed E-state index contributed by atoms with van der Waals surface area (Å²) in [5.41, 5.74) is 1.53. The number of anilines is 1. The van der Waals surface area contributed by atoms with Crippen LogP contribution in [0.15, 0.2) is 71.6 Å². The van der Waals surface area contributed by atoms with Crippen LogP contribution in [0.2, 0.25) is 0 Å². The fraction of sp³-hybridized carbons (Fsp3) is 0.192. The van der Waals surface area contributed by atoms with Crippen LogP contribution in [0.5, 0.6) is 0 Å². The molecule has 178 valence electrons. The number of carbonyl (C=O) groups is 3. The molecule has 3 aromatic carbocycles. The van der Waals surface area contributed by atoms with Crippen molar-refractivity contribution in [1.29, 1.82) is 0 Å². The number of hydrogen-bond acceptors (Lipinski definition) is 5. The lowest BCUT2D eigenvalue weighted by molar-refractivity contribution is -0.120. The van der Waals surface area contributed by atoms with Crippen molar-refractivity contribution in [1.82, 2.24) is 4.31 Å². The van der Waals surface area contributed by atoms with Crippen molar-refractivity contribution in [2.24, 2.45) is 5.92 Å². The molecule has 5 rings (SSSR count). The molecule has 1 aliphatic heterocycles. The van der Waals surface area contributed by atoms with E-state index in [1.807, 2.05) is 0 Å². The maximum absolute atomic E-state index is 13.2. The average Bonchev–Trinajstić information content (AvgIpc) is 2.87. The van der Waals surface area contributed by atoms with E-state index in [0.29, 0.717) is 29.7 Å². The smallest absolute Gasteiger partial charge is 0.243 e. The Morgan fingerprint density at radius 1 is 0.886 bits per heavy atom. The van der Waals surface area contributed by atoms with Crippen molar-refractivity contribution in [2.75, 3.05) is 18.4 Å². The predicted octanol–water partition coefficient (Wildman–Crippen LogP) is 3.64. The topological polar surface area (TPSA) is 101 Å². The highest BCUT2D eigenvalue weighted by Crippen LogP contribution is 2.30. The van der Waals surface area contributed by atoms with Crippen LogP contribution in [0.3, 0.4) is 0 Å². The molecule has 1 atom stereocenters. The number of halogens is 1. The molecule has 1 heterocycles. The molecule has 1 fully saturated rings. The van der Waals surface area contributed by atoms with E-state index in [4.69, 9.17) is 0 Å². The van der Waals surface area contributed by atoms with Gasteiger partial charge in [0.15, 0.2) is 11.6 Å². The van der Waals surface area contributed by atoms with Crippen LogP contribution < -0.4 is 5.32 Å². The number of piperidine rings is 1. The van der Waals surface area contributed by atoms with E-state index in [1.54, 1.807) is 30.3 Å². The van der Waals surface area contributed by atoms with Gasteiger partial charge >= 0.3 is 0 Å². The number of carbonyl (C=O) groups excluding carboxylic acids is 3. The first-order valence-corrected chi connectivity index (χ1v) is 12.6. The van der Waals surface area contributed by atoms with E-state index in [2.05, 4.69) is 5.32 Å². The number of benzene rings is 3. The molecule has 1 amide bonds. The molecular weight excluding hydrogens is 471 g/mol. The highest BCUT2D eigenvalue weighted by atomic mass is 32.2. The van der Waals surface area contributed by atoms with Gasteiger partial charge in [0.25, 0.3) is 0 Å². The van der Waals surface area contributed by atoms with Crippen LogP contribution in [0.1, 0.15) is 44.7 Å². The van der Waals surface area contributed by atoms with E-state index in [0.717, 1.165) is 12.1 Å². The fourth-order valence-corrected chi connectivity index (χ4v) is 6.08. The molecule has 3 aromatic rings. The lowest BCUT2D eigenvalue weighted by Crippen LogP contribution is -2.43. The minimum absolute atomic E-state index is 0.0126. The summed E-state index contributed by atoms with van der Waals surface area (Å²) >= 11 is 0. The molecule has 0 bridgehead atoms. The van der Waals surface area contributed by atoms with Crippen LogP contribution >= 0.6 is 0 Å². The Labute approximate surface area is 201 Å². The van der Waals surface area contributed by atoms with Crippen molar-refractivity contribution in [3.05, 3.63) is 94.8 Å². The quantitative estimate of drug-likeness (QED) is 0.469. The standard InChI is InChI=1S/C26H21FN2O5S/c27-17-7-10-19(11-8-17)35(33,34)29-13-3-4-16(15-29)26(32)28-18-9-12-22-23(14-18)25(31)21-6-2-1-5-20(21)24(22)30/h1-2,5-12,14,16H,3-4,13,15H2,(H,28,32). The number of amides is 1. The van der Waals surface area contributed by atoms with Gasteiger partial charge in [-0.3, -0.25) is 14.4 Å². The van der Waals surface area contributed by atoms with Crippen molar-refractivity contribution in [3.8, 4) is 0 Å². The Morgan fingerprint density at radius 2 is 1.51 bits per heavy atom. The maximum atomic E-state index is 13.2. The van der Waals surface area contributed by atoms with Gasteiger partial charge in [0, 0.05) is 41.0 Å². The second kappa shape index (κ2) is 8.83. The molecule has 7 nitrogen and oxygen atoms in total. The minimum Gasteiger partial charge on any atom is -0.326 e. The Hall–Kier alpha value is -3.69. The lowest BCUT2D eigenvalue weighted by Gasteiger charge is -2.31. The third kappa shape index (κ3) is 4.17. The second-order valence-electron chi connectivity index (χ2n) is 8.61. The first-order chi connectivity index (χ1) is 16.8. The van der Waals surface area contributed by atoms with Gasteiger partial charge in [-0.05, 0) is 55.3 Å². The van der Waals surface area contributed by atoms with Gasteiger partial charge in [0.2, 0.25) is 15.9 Å². The Balaban J connectivity index is 1.33. The minimum atomic E-state index is -3.87. The fourth-order valence-electron chi connectivity index (χ4n) is 4.55. The molecule has 9 heteroatoms. The van der Waals surface area contributed by atoms with Crippen LogP contribution in [-0.2, 0) is 14.8 Å². The molecule has 0 saturated carbocycles. The number of nitrogens with one attached hydrogen (secondary N) is 1. The zero-order chi connectivity index (χ0) is 24.7.